The average molecular weight is 202 g/mol. The molecule has 0 radical (unpaired) electrons. The molecule has 0 rings (SSSR count). The van der Waals surface area contributed by atoms with Crippen molar-refractivity contribution in [2.24, 2.45) is 0 Å². The van der Waals surface area contributed by atoms with Gasteiger partial charge in [-0.15, -0.1) is 0 Å². The molecule has 0 bridgehead atoms. The Kier molecular flexibility index (Phi) is 6.74. The number of carbonyl (C=O) groups is 2. The molecule has 0 unspecified atom stereocenters. The molecule has 3 N–H and O–H groups in total. The largest absolute Gasteiger partial charge is 0.481 e. The number of rotatable bonds is 7. The maximum absolute atomic E-state index is 11.1. The van der Waals surface area contributed by atoms with Crippen molar-refractivity contribution in [1.82, 2.24) is 10.6 Å². The second kappa shape index (κ2) is 7.32. The molecule has 5 nitrogen and oxygen atoms in total. The zero-order valence-electron chi connectivity index (χ0n) is 8.67. The zero-order chi connectivity index (χ0) is 11.0. The van der Waals surface area contributed by atoms with E-state index in [1.807, 2.05) is 13.8 Å². The molecular weight excluding hydrogens is 184 g/mol. The lowest BCUT2D eigenvalue weighted by Gasteiger charge is -2.08. The summed E-state index contributed by atoms with van der Waals surface area (Å²) < 4.78 is 0. The molecule has 0 aromatic carbocycles. The summed E-state index contributed by atoms with van der Waals surface area (Å²) in [5.41, 5.74) is 0. The summed E-state index contributed by atoms with van der Waals surface area (Å²) in [6.45, 7) is 4.72. The third kappa shape index (κ3) is 8.99. The van der Waals surface area contributed by atoms with Crippen molar-refractivity contribution < 1.29 is 14.7 Å². The lowest BCUT2D eigenvalue weighted by molar-refractivity contribution is -0.136. The molecule has 82 valence electrons. The molecule has 14 heavy (non-hydrogen) atoms. The van der Waals surface area contributed by atoms with Crippen molar-refractivity contribution >= 4 is 11.9 Å². The second-order valence-electron chi connectivity index (χ2n) is 3.37. The maximum atomic E-state index is 11.1. The van der Waals surface area contributed by atoms with E-state index in [9.17, 15) is 9.59 Å². The van der Waals surface area contributed by atoms with Gasteiger partial charge in [0.05, 0.1) is 6.42 Å². The van der Waals surface area contributed by atoms with Crippen molar-refractivity contribution in [2.45, 2.75) is 32.7 Å². The van der Waals surface area contributed by atoms with Crippen molar-refractivity contribution in [1.29, 1.82) is 0 Å². The highest BCUT2D eigenvalue weighted by Crippen LogP contribution is 1.82. The van der Waals surface area contributed by atoms with Crippen LogP contribution in [0.15, 0.2) is 0 Å². The van der Waals surface area contributed by atoms with Crippen LogP contribution in [0.3, 0.4) is 0 Å². The summed E-state index contributed by atoms with van der Waals surface area (Å²) in [5, 5.41) is 13.9. The number of hydrogen-bond acceptors (Lipinski definition) is 3. The molecule has 5 heteroatoms. The van der Waals surface area contributed by atoms with Gasteiger partial charge in [0, 0.05) is 25.6 Å². The summed E-state index contributed by atoms with van der Waals surface area (Å²) >= 11 is 0. The molecule has 0 spiro atoms. The van der Waals surface area contributed by atoms with Crippen molar-refractivity contribution in [3.05, 3.63) is 0 Å². The number of amides is 1. The molecule has 0 aromatic heterocycles. The molecule has 0 aromatic rings. The second-order valence-corrected chi connectivity index (χ2v) is 3.37. The first-order chi connectivity index (χ1) is 6.52. The fraction of sp³-hybridized carbons (Fsp3) is 0.778. The average Bonchev–Trinajstić information content (AvgIpc) is 2.01. The van der Waals surface area contributed by atoms with Crippen LogP contribution in [0.25, 0.3) is 0 Å². The summed E-state index contributed by atoms with van der Waals surface area (Å²) in [5.74, 6) is -0.841. The molecule has 0 saturated heterocycles. The normalized spacial score (nSPS) is 10.2. The topological polar surface area (TPSA) is 78.4 Å². The molecule has 0 saturated carbocycles. The van der Waals surface area contributed by atoms with Gasteiger partial charge in [-0.05, 0) is 13.8 Å². The number of carbonyl (C=O) groups excluding carboxylic acids is 1. The number of nitrogens with one attached hydrogen (secondary N) is 2. The molecule has 0 atom stereocenters. The lowest BCUT2D eigenvalue weighted by Crippen LogP contribution is -2.32. The highest BCUT2D eigenvalue weighted by Gasteiger charge is 2.02. The summed E-state index contributed by atoms with van der Waals surface area (Å²) in [7, 11) is 0. The highest BCUT2D eigenvalue weighted by atomic mass is 16.4. The van der Waals surface area contributed by atoms with Crippen LogP contribution in [0.5, 0.6) is 0 Å². The third-order valence-corrected chi connectivity index (χ3v) is 1.49. The monoisotopic (exact) mass is 202 g/mol. The van der Waals surface area contributed by atoms with Gasteiger partial charge in [0.2, 0.25) is 5.91 Å². The van der Waals surface area contributed by atoms with E-state index in [-0.39, 0.29) is 18.4 Å². The first-order valence-corrected chi connectivity index (χ1v) is 4.74. The van der Waals surface area contributed by atoms with Gasteiger partial charge in [0.1, 0.15) is 0 Å². The molecule has 0 aliphatic rings. The van der Waals surface area contributed by atoms with Crippen LogP contribution in [0, 0.1) is 0 Å². The first kappa shape index (κ1) is 12.9. The molecule has 0 aliphatic heterocycles. The van der Waals surface area contributed by atoms with E-state index in [0.717, 1.165) is 0 Å². The summed E-state index contributed by atoms with van der Waals surface area (Å²) in [4.78, 5) is 21.2. The van der Waals surface area contributed by atoms with E-state index < -0.39 is 5.97 Å². The quantitative estimate of drug-likeness (QED) is 0.506. The van der Waals surface area contributed by atoms with Gasteiger partial charge in [0.25, 0.3) is 0 Å². The van der Waals surface area contributed by atoms with E-state index >= 15 is 0 Å². The minimum absolute atomic E-state index is 0.0113. The Morgan fingerprint density at radius 3 is 2.29 bits per heavy atom. The predicted molar refractivity (Wildman–Crippen MR) is 53.0 cm³/mol. The Morgan fingerprint density at radius 1 is 1.21 bits per heavy atom. The summed E-state index contributed by atoms with van der Waals surface area (Å²) in [6, 6.07) is 0.154. The summed E-state index contributed by atoms with van der Waals surface area (Å²) in [6.07, 6.45) is 0.476. The van der Waals surface area contributed by atoms with Crippen LogP contribution in [0.4, 0.5) is 0 Å². The molecular formula is C9H18N2O3. The first-order valence-electron chi connectivity index (χ1n) is 4.74. The van der Waals surface area contributed by atoms with Crippen molar-refractivity contribution in [3.8, 4) is 0 Å². The minimum Gasteiger partial charge on any atom is -0.481 e. The van der Waals surface area contributed by atoms with E-state index in [2.05, 4.69) is 10.6 Å². The zero-order valence-corrected chi connectivity index (χ0v) is 8.67. The smallest absolute Gasteiger partial charge is 0.304 e. The van der Waals surface area contributed by atoms with E-state index in [1.165, 1.54) is 0 Å². The fourth-order valence-corrected chi connectivity index (χ4v) is 0.916. The van der Waals surface area contributed by atoms with Gasteiger partial charge in [-0.3, -0.25) is 9.59 Å². The maximum Gasteiger partial charge on any atom is 0.304 e. The SMILES string of the molecule is CC(C)NC(=O)CCNCCC(=O)O. The van der Waals surface area contributed by atoms with Gasteiger partial charge < -0.3 is 15.7 Å². The highest BCUT2D eigenvalue weighted by molar-refractivity contribution is 5.76. The van der Waals surface area contributed by atoms with Crippen LogP contribution in [0.1, 0.15) is 26.7 Å². The van der Waals surface area contributed by atoms with Gasteiger partial charge in [-0.25, -0.2) is 0 Å². The van der Waals surface area contributed by atoms with Crippen LogP contribution in [-0.4, -0.2) is 36.1 Å². The molecule has 0 fully saturated rings. The van der Waals surface area contributed by atoms with Crippen LogP contribution in [0.2, 0.25) is 0 Å². The Bertz CT molecular complexity index is 192. The standard InChI is InChI=1S/C9H18N2O3/c1-7(2)11-8(12)3-5-10-6-4-9(13)14/h7,10H,3-6H2,1-2H3,(H,11,12)(H,13,14). The van der Waals surface area contributed by atoms with Crippen molar-refractivity contribution in [2.75, 3.05) is 13.1 Å². The van der Waals surface area contributed by atoms with Gasteiger partial charge in [0.15, 0.2) is 0 Å². The lowest BCUT2D eigenvalue weighted by atomic mass is 10.3. The molecule has 1 amide bonds. The Labute approximate surface area is 83.9 Å². The number of hydrogen-bond donors (Lipinski definition) is 3. The van der Waals surface area contributed by atoms with E-state index in [1.54, 1.807) is 0 Å². The number of aliphatic carboxylic acids is 1. The Balaban J connectivity index is 3.27. The van der Waals surface area contributed by atoms with Crippen LogP contribution >= 0.6 is 0 Å². The number of carboxylic acids is 1. The van der Waals surface area contributed by atoms with Gasteiger partial charge in [-0.1, -0.05) is 0 Å². The fourth-order valence-electron chi connectivity index (χ4n) is 0.916. The third-order valence-electron chi connectivity index (χ3n) is 1.49. The predicted octanol–water partition coefficient (Wildman–Crippen LogP) is -0.0346. The van der Waals surface area contributed by atoms with Crippen molar-refractivity contribution in [3.63, 3.8) is 0 Å². The van der Waals surface area contributed by atoms with E-state index in [4.69, 9.17) is 5.11 Å². The Morgan fingerprint density at radius 2 is 1.79 bits per heavy atom. The van der Waals surface area contributed by atoms with Crippen LogP contribution < -0.4 is 10.6 Å². The van der Waals surface area contributed by atoms with Crippen LogP contribution in [-0.2, 0) is 9.59 Å². The Hall–Kier alpha value is -1.10. The van der Waals surface area contributed by atoms with Gasteiger partial charge in [-0.2, -0.15) is 0 Å². The van der Waals surface area contributed by atoms with E-state index in [0.29, 0.717) is 19.5 Å². The minimum atomic E-state index is -0.830. The molecule has 0 heterocycles. The van der Waals surface area contributed by atoms with Gasteiger partial charge >= 0.3 is 5.97 Å². The number of carboxylic acid groups (broad SMARTS) is 1. The molecule has 0 aliphatic carbocycles.